The maximum Gasteiger partial charge on any atom is 0.292 e. The molecule has 5 nitrogen and oxygen atoms in total. The molecule has 1 aromatic rings. The van der Waals surface area contributed by atoms with E-state index < -0.39 is 4.92 Å². The molecule has 0 aromatic heterocycles. The number of hydrogen-bond acceptors (Lipinski definition) is 4. The molecule has 0 aliphatic rings. The molecule has 108 valence electrons. The van der Waals surface area contributed by atoms with Crippen molar-refractivity contribution in [2.75, 3.05) is 5.32 Å². The van der Waals surface area contributed by atoms with Crippen molar-refractivity contribution >= 4 is 11.4 Å². The molecule has 1 aromatic carbocycles. The van der Waals surface area contributed by atoms with Crippen LogP contribution in [0.25, 0.3) is 0 Å². The fourth-order valence-electron chi connectivity index (χ4n) is 2.05. The van der Waals surface area contributed by atoms with Crippen molar-refractivity contribution in [1.82, 2.24) is 0 Å². The van der Waals surface area contributed by atoms with Crippen LogP contribution in [0.1, 0.15) is 45.6 Å². The van der Waals surface area contributed by atoms with Gasteiger partial charge in [0.2, 0.25) is 0 Å². The van der Waals surface area contributed by atoms with Gasteiger partial charge in [-0.1, -0.05) is 26.7 Å². The highest BCUT2D eigenvalue weighted by Gasteiger charge is 2.16. The molecule has 0 saturated carbocycles. The molecule has 1 rings (SSSR count). The maximum absolute atomic E-state index is 11.0. The van der Waals surface area contributed by atoms with Gasteiger partial charge in [-0.25, -0.2) is 0 Å². The Morgan fingerprint density at radius 2 is 2.05 bits per heavy atom. The SMILES string of the molecule is CC(C)CCCC(C)Nc1cc(C#N)ccc1[N+](=O)[O-]. The van der Waals surface area contributed by atoms with Crippen molar-refractivity contribution in [3.63, 3.8) is 0 Å². The van der Waals surface area contributed by atoms with E-state index in [-0.39, 0.29) is 11.7 Å². The molecule has 1 unspecified atom stereocenters. The monoisotopic (exact) mass is 275 g/mol. The van der Waals surface area contributed by atoms with Gasteiger partial charge in [-0.3, -0.25) is 10.1 Å². The first-order chi connectivity index (χ1) is 9.43. The molecular formula is C15H21N3O2. The summed E-state index contributed by atoms with van der Waals surface area (Å²) in [5.41, 5.74) is 0.860. The van der Waals surface area contributed by atoms with Gasteiger partial charge in [0.15, 0.2) is 0 Å². The van der Waals surface area contributed by atoms with Gasteiger partial charge in [-0.2, -0.15) is 5.26 Å². The number of hydrogen-bond donors (Lipinski definition) is 1. The summed E-state index contributed by atoms with van der Waals surface area (Å²) in [5.74, 6) is 0.665. The zero-order valence-corrected chi connectivity index (χ0v) is 12.2. The van der Waals surface area contributed by atoms with Crippen LogP contribution in [0, 0.1) is 27.4 Å². The van der Waals surface area contributed by atoms with E-state index >= 15 is 0 Å². The average Bonchev–Trinajstić information content (AvgIpc) is 2.37. The van der Waals surface area contributed by atoms with Crippen LogP contribution < -0.4 is 5.32 Å². The molecular weight excluding hydrogens is 254 g/mol. The van der Waals surface area contributed by atoms with Crippen LogP contribution in [0.15, 0.2) is 18.2 Å². The van der Waals surface area contributed by atoms with E-state index in [1.165, 1.54) is 18.2 Å². The van der Waals surface area contributed by atoms with E-state index in [4.69, 9.17) is 5.26 Å². The summed E-state index contributed by atoms with van der Waals surface area (Å²) in [6.45, 7) is 6.36. The largest absolute Gasteiger partial charge is 0.377 e. The van der Waals surface area contributed by atoms with Crippen molar-refractivity contribution in [2.45, 2.75) is 46.1 Å². The summed E-state index contributed by atoms with van der Waals surface area (Å²) in [7, 11) is 0. The highest BCUT2D eigenvalue weighted by Crippen LogP contribution is 2.26. The molecule has 0 fully saturated rings. The molecule has 0 amide bonds. The third kappa shape index (κ3) is 4.88. The van der Waals surface area contributed by atoms with E-state index in [1.807, 2.05) is 13.0 Å². The van der Waals surface area contributed by atoms with Gasteiger partial charge in [0.1, 0.15) is 5.69 Å². The lowest BCUT2D eigenvalue weighted by molar-refractivity contribution is -0.384. The standard InChI is InChI=1S/C15H21N3O2/c1-11(2)5-4-6-12(3)17-14-9-13(10-16)7-8-15(14)18(19)20/h7-9,11-12,17H,4-6H2,1-3H3. The molecule has 1 atom stereocenters. The lowest BCUT2D eigenvalue weighted by Crippen LogP contribution is -2.16. The quantitative estimate of drug-likeness (QED) is 0.600. The van der Waals surface area contributed by atoms with Crippen LogP contribution >= 0.6 is 0 Å². The van der Waals surface area contributed by atoms with Crippen LogP contribution in [0.4, 0.5) is 11.4 Å². The third-order valence-corrected chi connectivity index (χ3v) is 3.14. The van der Waals surface area contributed by atoms with Crippen molar-refractivity contribution in [3.8, 4) is 6.07 Å². The minimum atomic E-state index is -0.426. The number of nitro benzene ring substituents is 1. The molecule has 0 aliphatic carbocycles. The number of nitro groups is 1. The Bertz CT molecular complexity index is 506. The highest BCUT2D eigenvalue weighted by molar-refractivity contribution is 5.64. The van der Waals surface area contributed by atoms with Crippen LogP contribution in [-0.2, 0) is 0 Å². The summed E-state index contributed by atoms with van der Waals surface area (Å²) in [6.07, 6.45) is 3.18. The molecule has 5 heteroatoms. The lowest BCUT2D eigenvalue weighted by atomic mass is 10.0. The number of anilines is 1. The average molecular weight is 275 g/mol. The summed E-state index contributed by atoms with van der Waals surface area (Å²) in [4.78, 5) is 10.6. The van der Waals surface area contributed by atoms with Gasteiger partial charge < -0.3 is 5.32 Å². The zero-order valence-electron chi connectivity index (χ0n) is 12.2. The van der Waals surface area contributed by atoms with E-state index in [0.717, 1.165) is 19.3 Å². The van der Waals surface area contributed by atoms with Gasteiger partial charge in [0, 0.05) is 12.1 Å². The molecule has 0 bridgehead atoms. The van der Waals surface area contributed by atoms with Crippen LogP contribution in [0.2, 0.25) is 0 Å². The molecule has 0 saturated heterocycles. The van der Waals surface area contributed by atoms with Gasteiger partial charge in [0.25, 0.3) is 5.69 Å². The Labute approximate surface area is 119 Å². The van der Waals surface area contributed by atoms with E-state index in [2.05, 4.69) is 19.2 Å². The Hall–Kier alpha value is -2.09. The molecule has 0 heterocycles. The van der Waals surface area contributed by atoms with E-state index in [0.29, 0.717) is 17.2 Å². The summed E-state index contributed by atoms with van der Waals surface area (Å²) < 4.78 is 0. The van der Waals surface area contributed by atoms with Crippen molar-refractivity contribution in [2.24, 2.45) is 5.92 Å². The fraction of sp³-hybridized carbons (Fsp3) is 0.533. The van der Waals surface area contributed by atoms with Crippen molar-refractivity contribution in [3.05, 3.63) is 33.9 Å². The maximum atomic E-state index is 11.0. The Balaban J connectivity index is 2.74. The Morgan fingerprint density at radius 1 is 1.35 bits per heavy atom. The van der Waals surface area contributed by atoms with Crippen LogP contribution in [0.3, 0.4) is 0 Å². The molecule has 1 N–H and O–H groups in total. The number of nitrogens with one attached hydrogen (secondary N) is 1. The summed E-state index contributed by atoms with van der Waals surface area (Å²) in [5, 5.41) is 23.0. The van der Waals surface area contributed by atoms with E-state index in [1.54, 1.807) is 0 Å². The normalized spacial score (nSPS) is 11.9. The predicted molar refractivity (Wildman–Crippen MR) is 79.6 cm³/mol. The van der Waals surface area contributed by atoms with Gasteiger partial charge in [-0.05, 0) is 31.4 Å². The number of rotatable bonds is 7. The van der Waals surface area contributed by atoms with Gasteiger partial charge in [-0.15, -0.1) is 0 Å². The van der Waals surface area contributed by atoms with Crippen LogP contribution in [0.5, 0.6) is 0 Å². The highest BCUT2D eigenvalue weighted by atomic mass is 16.6. The minimum Gasteiger partial charge on any atom is -0.377 e. The topological polar surface area (TPSA) is 79.0 Å². The lowest BCUT2D eigenvalue weighted by Gasteiger charge is -2.16. The summed E-state index contributed by atoms with van der Waals surface area (Å²) >= 11 is 0. The first-order valence-corrected chi connectivity index (χ1v) is 6.89. The molecule has 0 radical (unpaired) electrons. The van der Waals surface area contributed by atoms with Gasteiger partial charge in [0.05, 0.1) is 16.6 Å². The fourth-order valence-corrected chi connectivity index (χ4v) is 2.05. The predicted octanol–water partition coefficient (Wildman–Crippen LogP) is 4.09. The van der Waals surface area contributed by atoms with Gasteiger partial charge >= 0.3 is 0 Å². The number of nitrogens with zero attached hydrogens (tertiary/aromatic N) is 2. The first-order valence-electron chi connectivity index (χ1n) is 6.89. The Kier molecular flexibility index (Phi) is 5.98. The minimum absolute atomic E-state index is 0.0136. The molecule has 20 heavy (non-hydrogen) atoms. The second-order valence-corrected chi connectivity index (χ2v) is 5.47. The zero-order chi connectivity index (χ0) is 15.1. The number of benzene rings is 1. The molecule has 0 aliphatic heterocycles. The second-order valence-electron chi connectivity index (χ2n) is 5.47. The van der Waals surface area contributed by atoms with Crippen molar-refractivity contribution in [1.29, 1.82) is 5.26 Å². The van der Waals surface area contributed by atoms with Crippen molar-refractivity contribution < 1.29 is 4.92 Å². The van der Waals surface area contributed by atoms with E-state index in [9.17, 15) is 10.1 Å². The van der Waals surface area contributed by atoms with Crippen LogP contribution in [-0.4, -0.2) is 11.0 Å². The third-order valence-electron chi connectivity index (χ3n) is 3.14. The smallest absolute Gasteiger partial charge is 0.292 e. The second kappa shape index (κ2) is 7.49. The molecule has 0 spiro atoms. The first kappa shape index (κ1) is 16.0. The summed E-state index contributed by atoms with van der Waals surface area (Å²) in [6, 6.07) is 6.52. The Morgan fingerprint density at radius 3 is 2.60 bits per heavy atom. The number of nitriles is 1.